The van der Waals surface area contributed by atoms with Gasteiger partial charge in [0.05, 0.1) is 0 Å². The van der Waals surface area contributed by atoms with Gasteiger partial charge in [-0.15, -0.1) is 24.8 Å². The van der Waals surface area contributed by atoms with Crippen molar-refractivity contribution in [1.82, 2.24) is 15.1 Å². The molecule has 3 rings (SSSR count). The van der Waals surface area contributed by atoms with Crippen molar-refractivity contribution in [3.8, 4) is 0 Å². The van der Waals surface area contributed by atoms with Crippen molar-refractivity contribution in [3.05, 3.63) is 35.9 Å². The van der Waals surface area contributed by atoms with Crippen LogP contribution in [-0.4, -0.2) is 61.2 Å². The summed E-state index contributed by atoms with van der Waals surface area (Å²) < 4.78 is 5.38. The van der Waals surface area contributed by atoms with E-state index < -0.39 is 0 Å². The summed E-state index contributed by atoms with van der Waals surface area (Å²) in [7, 11) is 0. The van der Waals surface area contributed by atoms with E-state index in [1.54, 1.807) is 0 Å². The van der Waals surface area contributed by atoms with Crippen LogP contribution < -0.4 is 5.32 Å². The summed E-state index contributed by atoms with van der Waals surface area (Å²) in [6, 6.07) is 10.5. The van der Waals surface area contributed by atoms with E-state index in [9.17, 15) is 4.79 Å². The number of nitrogens with one attached hydrogen (secondary N) is 1. The lowest BCUT2D eigenvalue weighted by Gasteiger charge is -2.37. The number of carbonyl (C=O) groups is 1. The van der Waals surface area contributed by atoms with Crippen molar-refractivity contribution in [2.45, 2.75) is 19.1 Å². The number of carbonyl (C=O) groups excluding carboxylic acids is 1. The molecule has 23 heavy (non-hydrogen) atoms. The smallest absolute Gasteiger partial charge is 0.410 e. The molecule has 2 fully saturated rings. The first kappa shape index (κ1) is 20.0. The SMILES string of the molecule is Cl.Cl.O=C(OCc1ccccc1)N1CCN([C@@H]2CCNC2)CC1. The molecule has 1 atom stereocenters. The number of hydrogen-bond donors (Lipinski definition) is 1. The Balaban J connectivity index is 0.00000132. The quantitative estimate of drug-likeness (QED) is 0.895. The molecular weight excluding hydrogens is 337 g/mol. The van der Waals surface area contributed by atoms with Crippen LogP contribution in [0, 0.1) is 0 Å². The van der Waals surface area contributed by atoms with Crippen molar-refractivity contribution in [2.75, 3.05) is 39.3 Å². The Kier molecular flexibility index (Phi) is 8.69. The van der Waals surface area contributed by atoms with Gasteiger partial charge < -0.3 is 15.0 Å². The molecule has 1 aromatic carbocycles. The van der Waals surface area contributed by atoms with Crippen molar-refractivity contribution >= 4 is 30.9 Å². The normalized spacial score (nSPS) is 21.2. The molecule has 0 aromatic heterocycles. The molecule has 2 heterocycles. The van der Waals surface area contributed by atoms with E-state index >= 15 is 0 Å². The average Bonchev–Trinajstić information content (AvgIpc) is 3.08. The summed E-state index contributed by atoms with van der Waals surface area (Å²) in [4.78, 5) is 16.4. The number of piperazine rings is 1. The molecule has 1 aromatic rings. The van der Waals surface area contributed by atoms with Crippen LogP contribution >= 0.6 is 24.8 Å². The van der Waals surface area contributed by atoms with Crippen LogP contribution in [0.4, 0.5) is 4.79 Å². The first-order valence-corrected chi connectivity index (χ1v) is 7.73. The maximum absolute atomic E-state index is 12.1. The second-order valence-electron chi connectivity index (χ2n) is 5.71. The number of hydrogen-bond acceptors (Lipinski definition) is 4. The van der Waals surface area contributed by atoms with Gasteiger partial charge in [0.1, 0.15) is 6.61 Å². The molecule has 130 valence electrons. The van der Waals surface area contributed by atoms with Gasteiger partial charge in [-0.1, -0.05) is 30.3 Å². The summed E-state index contributed by atoms with van der Waals surface area (Å²) in [6.45, 7) is 5.99. The number of ether oxygens (including phenoxy) is 1. The van der Waals surface area contributed by atoms with E-state index in [-0.39, 0.29) is 30.9 Å². The lowest BCUT2D eigenvalue weighted by molar-refractivity contribution is 0.0622. The number of amides is 1. The Morgan fingerprint density at radius 2 is 1.83 bits per heavy atom. The number of nitrogens with zero attached hydrogens (tertiary/aromatic N) is 2. The van der Waals surface area contributed by atoms with Gasteiger partial charge in [-0.2, -0.15) is 0 Å². The fraction of sp³-hybridized carbons (Fsp3) is 0.562. The summed E-state index contributed by atoms with van der Waals surface area (Å²) in [6.07, 6.45) is 1.03. The molecule has 7 heteroatoms. The second-order valence-corrected chi connectivity index (χ2v) is 5.71. The highest BCUT2D eigenvalue weighted by Crippen LogP contribution is 2.13. The largest absolute Gasteiger partial charge is 0.445 e. The van der Waals surface area contributed by atoms with Gasteiger partial charge in [0.15, 0.2) is 0 Å². The number of rotatable bonds is 3. The molecule has 0 spiro atoms. The predicted octanol–water partition coefficient (Wildman–Crippen LogP) is 2.15. The van der Waals surface area contributed by atoms with Crippen molar-refractivity contribution < 1.29 is 9.53 Å². The minimum absolute atomic E-state index is 0. The number of halogens is 2. The van der Waals surface area contributed by atoms with Crippen LogP contribution in [0.1, 0.15) is 12.0 Å². The van der Waals surface area contributed by atoms with Crippen LogP contribution in [0.3, 0.4) is 0 Å². The third-order valence-electron chi connectivity index (χ3n) is 4.33. The molecule has 2 aliphatic rings. The molecule has 0 aliphatic carbocycles. The third kappa shape index (κ3) is 5.53. The molecule has 5 nitrogen and oxygen atoms in total. The molecule has 0 radical (unpaired) electrons. The molecule has 0 unspecified atom stereocenters. The highest BCUT2D eigenvalue weighted by molar-refractivity contribution is 5.85. The summed E-state index contributed by atoms with van der Waals surface area (Å²) in [5, 5.41) is 3.40. The van der Waals surface area contributed by atoms with Gasteiger partial charge in [-0.3, -0.25) is 4.90 Å². The van der Waals surface area contributed by atoms with Crippen LogP contribution in [0.2, 0.25) is 0 Å². The first-order valence-electron chi connectivity index (χ1n) is 7.73. The molecule has 2 saturated heterocycles. The zero-order valence-electron chi connectivity index (χ0n) is 13.1. The number of benzene rings is 1. The molecule has 1 amide bonds. The topological polar surface area (TPSA) is 44.8 Å². The van der Waals surface area contributed by atoms with E-state index in [1.807, 2.05) is 35.2 Å². The maximum Gasteiger partial charge on any atom is 0.410 e. The van der Waals surface area contributed by atoms with Crippen LogP contribution in [-0.2, 0) is 11.3 Å². The van der Waals surface area contributed by atoms with Gasteiger partial charge in [-0.25, -0.2) is 4.79 Å². The van der Waals surface area contributed by atoms with Gasteiger partial charge in [0.25, 0.3) is 0 Å². The van der Waals surface area contributed by atoms with E-state index in [4.69, 9.17) is 4.74 Å². The van der Waals surface area contributed by atoms with Gasteiger partial charge >= 0.3 is 6.09 Å². The van der Waals surface area contributed by atoms with E-state index in [1.165, 1.54) is 6.42 Å². The van der Waals surface area contributed by atoms with Crippen molar-refractivity contribution in [1.29, 1.82) is 0 Å². The Labute approximate surface area is 150 Å². The Morgan fingerprint density at radius 3 is 2.43 bits per heavy atom. The summed E-state index contributed by atoms with van der Waals surface area (Å²) in [5.41, 5.74) is 1.03. The van der Waals surface area contributed by atoms with Crippen LogP contribution in [0.25, 0.3) is 0 Å². The zero-order valence-corrected chi connectivity index (χ0v) is 14.8. The minimum Gasteiger partial charge on any atom is -0.445 e. The Hall–Kier alpha value is -1.01. The van der Waals surface area contributed by atoms with Gasteiger partial charge in [0.2, 0.25) is 0 Å². The molecular formula is C16H25Cl2N3O2. The maximum atomic E-state index is 12.1. The zero-order chi connectivity index (χ0) is 14.5. The van der Waals surface area contributed by atoms with E-state index in [2.05, 4.69) is 10.2 Å². The molecule has 1 N–H and O–H groups in total. The third-order valence-corrected chi connectivity index (χ3v) is 4.33. The van der Waals surface area contributed by atoms with Crippen molar-refractivity contribution in [2.24, 2.45) is 0 Å². The molecule has 0 saturated carbocycles. The lowest BCUT2D eigenvalue weighted by atomic mass is 10.2. The highest BCUT2D eigenvalue weighted by Gasteiger charge is 2.28. The van der Waals surface area contributed by atoms with Crippen molar-refractivity contribution in [3.63, 3.8) is 0 Å². The fourth-order valence-corrected chi connectivity index (χ4v) is 3.03. The monoisotopic (exact) mass is 361 g/mol. The van der Waals surface area contributed by atoms with Gasteiger partial charge in [0, 0.05) is 38.8 Å². The molecule has 0 bridgehead atoms. The highest BCUT2D eigenvalue weighted by atomic mass is 35.5. The molecule has 2 aliphatic heterocycles. The fourth-order valence-electron chi connectivity index (χ4n) is 3.03. The first-order chi connectivity index (χ1) is 10.3. The Morgan fingerprint density at radius 1 is 1.13 bits per heavy atom. The Bertz CT molecular complexity index is 462. The predicted molar refractivity (Wildman–Crippen MR) is 95.5 cm³/mol. The summed E-state index contributed by atoms with van der Waals surface area (Å²) in [5.74, 6) is 0. The van der Waals surface area contributed by atoms with Gasteiger partial charge in [-0.05, 0) is 18.5 Å². The average molecular weight is 362 g/mol. The standard InChI is InChI=1S/C16H23N3O2.2ClH/c20-16(21-13-14-4-2-1-3-5-14)19-10-8-18(9-11-19)15-6-7-17-12-15;;/h1-5,15,17H,6-13H2;2*1H/t15-;;/m1../s1. The minimum atomic E-state index is -0.192. The van der Waals surface area contributed by atoms with E-state index in [0.717, 1.165) is 44.8 Å². The summed E-state index contributed by atoms with van der Waals surface area (Å²) >= 11 is 0. The lowest BCUT2D eigenvalue weighted by Crippen LogP contribution is -2.52. The van der Waals surface area contributed by atoms with Crippen LogP contribution in [0.5, 0.6) is 0 Å². The second kappa shape index (κ2) is 9.98. The van der Waals surface area contributed by atoms with Crippen LogP contribution in [0.15, 0.2) is 30.3 Å². The van der Waals surface area contributed by atoms with E-state index in [0.29, 0.717) is 12.6 Å².